The van der Waals surface area contributed by atoms with Crippen LogP contribution < -0.4 is 4.74 Å². The molecular formula is C20H11F7O. The van der Waals surface area contributed by atoms with E-state index >= 15 is 0 Å². The topological polar surface area (TPSA) is 9.23 Å². The van der Waals surface area contributed by atoms with Crippen molar-refractivity contribution in [3.05, 3.63) is 88.7 Å². The van der Waals surface area contributed by atoms with Crippen molar-refractivity contribution in [2.45, 2.75) is 13.0 Å². The highest BCUT2D eigenvalue weighted by Gasteiger charge is 2.41. The number of hydrogen-bond acceptors (Lipinski definition) is 1. The van der Waals surface area contributed by atoms with Crippen molar-refractivity contribution < 1.29 is 35.5 Å². The molecule has 3 aromatic rings. The molecule has 0 saturated carbocycles. The minimum absolute atomic E-state index is 0.00780. The number of hydrogen-bond donors (Lipinski definition) is 0. The second-order valence-electron chi connectivity index (χ2n) is 6.00. The molecule has 0 radical (unpaired) electrons. The van der Waals surface area contributed by atoms with Crippen LogP contribution in [-0.2, 0) is 6.11 Å². The molecule has 0 aliphatic carbocycles. The third-order valence-electron chi connectivity index (χ3n) is 3.92. The predicted molar refractivity (Wildman–Crippen MR) is 87.4 cm³/mol. The summed E-state index contributed by atoms with van der Waals surface area (Å²) in [6, 6.07) is 8.12. The maximum absolute atomic E-state index is 14.3. The largest absolute Gasteiger partial charge is 0.432 e. The SMILES string of the molecule is Cc1ccc(-c2cc(F)c(C(F)(F)Oc3cc(F)c(F)c(F)c3)c(F)c2)cc1. The van der Waals surface area contributed by atoms with Gasteiger partial charge in [0.15, 0.2) is 17.5 Å². The lowest BCUT2D eigenvalue weighted by Gasteiger charge is -2.20. The molecule has 0 aliphatic rings. The van der Waals surface area contributed by atoms with Gasteiger partial charge in [-0.25, -0.2) is 22.0 Å². The Morgan fingerprint density at radius 2 is 1.18 bits per heavy atom. The summed E-state index contributed by atoms with van der Waals surface area (Å²) in [6.07, 6.45) is -4.61. The van der Waals surface area contributed by atoms with Gasteiger partial charge in [-0.2, -0.15) is 8.78 Å². The fourth-order valence-electron chi connectivity index (χ4n) is 2.55. The van der Waals surface area contributed by atoms with Crippen LogP contribution in [0.3, 0.4) is 0 Å². The Bertz CT molecular complexity index is 983. The Labute approximate surface area is 155 Å². The second-order valence-corrected chi connectivity index (χ2v) is 6.00. The highest BCUT2D eigenvalue weighted by molar-refractivity contribution is 5.64. The Hall–Kier alpha value is -3.03. The predicted octanol–water partition coefficient (Wildman–Crippen LogP) is 6.49. The van der Waals surface area contributed by atoms with Gasteiger partial charge >= 0.3 is 6.11 Å². The van der Waals surface area contributed by atoms with Gasteiger partial charge in [0.25, 0.3) is 0 Å². The monoisotopic (exact) mass is 400 g/mol. The number of alkyl halides is 2. The van der Waals surface area contributed by atoms with Crippen LogP contribution in [-0.4, -0.2) is 0 Å². The quantitative estimate of drug-likeness (QED) is 0.360. The molecule has 0 aromatic heterocycles. The third-order valence-corrected chi connectivity index (χ3v) is 3.92. The Morgan fingerprint density at radius 3 is 1.68 bits per heavy atom. The van der Waals surface area contributed by atoms with E-state index in [0.29, 0.717) is 17.7 Å². The smallest absolute Gasteiger partial charge is 0.429 e. The fraction of sp³-hybridized carbons (Fsp3) is 0.100. The zero-order chi connectivity index (χ0) is 20.6. The van der Waals surface area contributed by atoms with Gasteiger partial charge in [0.05, 0.1) is 0 Å². The molecule has 8 heteroatoms. The number of halogens is 7. The van der Waals surface area contributed by atoms with E-state index in [4.69, 9.17) is 0 Å². The van der Waals surface area contributed by atoms with E-state index in [0.717, 1.165) is 5.56 Å². The third kappa shape index (κ3) is 3.81. The minimum Gasteiger partial charge on any atom is -0.429 e. The number of benzene rings is 3. The van der Waals surface area contributed by atoms with E-state index in [2.05, 4.69) is 4.74 Å². The first kappa shape index (κ1) is 19.7. The molecule has 0 bridgehead atoms. The summed E-state index contributed by atoms with van der Waals surface area (Å²) < 4.78 is 100. The van der Waals surface area contributed by atoms with Crippen LogP contribution in [0.25, 0.3) is 11.1 Å². The molecule has 3 rings (SSSR count). The molecule has 28 heavy (non-hydrogen) atoms. The van der Waals surface area contributed by atoms with Gasteiger partial charge in [-0.3, -0.25) is 0 Å². The van der Waals surface area contributed by atoms with Crippen LogP contribution in [0.15, 0.2) is 48.5 Å². The summed E-state index contributed by atoms with van der Waals surface area (Å²) in [5.41, 5.74) is -0.455. The van der Waals surface area contributed by atoms with Gasteiger partial charge in [-0.05, 0) is 30.2 Å². The molecule has 0 atom stereocenters. The van der Waals surface area contributed by atoms with Gasteiger partial charge in [0.1, 0.15) is 22.9 Å². The minimum atomic E-state index is -4.61. The van der Waals surface area contributed by atoms with E-state index < -0.39 is 46.5 Å². The van der Waals surface area contributed by atoms with Crippen molar-refractivity contribution >= 4 is 0 Å². The molecule has 0 N–H and O–H groups in total. The van der Waals surface area contributed by atoms with Gasteiger partial charge in [-0.15, -0.1) is 0 Å². The molecule has 1 nitrogen and oxygen atoms in total. The maximum atomic E-state index is 14.3. The summed E-state index contributed by atoms with van der Waals surface area (Å²) in [7, 11) is 0. The first-order chi connectivity index (χ1) is 13.1. The number of aryl methyl sites for hydroxylation is 1. The van der Waals surface area contributed by atoms with Crippen molar-refractivity contribution in [3.8, 4) is 16.9 Å². The first-order valence-electron chi connectivity index (χ1n) is 7.86. The second kappa shape index (κ2) is 7.18. The molecule has 0 spiro atoms. The Kier molecular flexibility index (Phi) is 5.06. The fourth-order valence-corrected chi connectivity index (χ4v) is 2.55. The average Bonchev–Trinajstić information content (AvgIpc) is 2.59. The zero-order valence-electron chi connectivity index (χ0n) is 14.2. The molecule has 0 unspecified atom stereocenters. The molecular weight excluding hydrogens is 389 g/mol. The summed E-state index contributed by atoms with van der Waals surface area (Å²) >= 11 is 0. The highest BCUT2D eigenvalue weighted by atomic mass is 19.3. The van der Waals surface area contributed by atoms with Crippen LogP contribution in [0.4, 0.5) is 30.7 Å². The molecule has 3 aromatic carbocycles. The standard InChI is InChI=1S/C20H11F7O/c1-10-2-4-11(5-3-10)12-6-14(21)18(15(22)7-12)20(26,27)28-13-8-16(23)19(25)17(24)9-13/h2-9H,1H3. The number of rotatable bonds is 4. The van der Waals surface area contributed by atoms with Crippen molar-refractivity contribution in [2.24, 2.45) is 0 Å². The summed E-state index contributed by atoms with van der Waals surface area (Å²) in [4.78, 5) is 0. The Morgan fingerprint density at radius 1 is 0.679 bits per heavy atom. The lowest BCUT2D eigenvalue weighted by atomic mass is 10.0. The van der Waals surface area contributed by atoms with E-state index in [9.17, 15) is 30.7 Å². The van der Waals surface area contributed by atoms with E-state index in [1.54, 1.807) is 31.2 Å². The summed E-state index contributed by atoms with van der Waals surface area (Å²) in [6.45, 7) is 1.80. The van der Waals surface area contributed by atoms with Crippen LogP contribution >= 0.6 is 0 Å². The summed E-state index contributed by atoms with van der Waals surface area (Å²) in [5, 5.41) is 0. The van der Waals surface area contributed by atoms with Crippen LogP contribution in [0.2, 0.25) is 0 Å². The van der Waals surface area contributed by atoms with Crippen LogP contribution in [0.5, 0.6) is 5.75 Å². The molecule has 146 valence electrons. The van der Waals surface area contributed by atoms with Crippen LogP contribution in [0, 0.1) is 36.0 Å². The normalized spacial score (nSPS) is 11.6. The van der Waals surface area contributed by atoms with Crippen LogP contribution in [0.1, 0.15) is 11.1 Å². The zero-order valence-corrected chi connectivity index (χ0v) is 14.2. The first-order valence-corrected chi connectivity index (χ1v) is 7.86. The van der Waals surface area contributed by atoms with Gasteiger partial charge in [0.2, 0.25) is 0 Å². The van der Waals surface area contributed by atoms with Crippen molar-refractivity contribution in [2.75, 3.05) is 0 Å². The van der Waals surface area contributed by atoms with Gasteiger partial charge in [-0.1, -0.05) is 29.8 Å². The van der Waals surface area contributed by atoms with Crippen molar-refractivity contribution in [1.29, 1.82) is 0 Å². The van der Waals surface area contributed by atoms with Gasteiger partial charge in [0, 0.05) is 12.1 Å². The maximum Gasteiger partial charge on any atom is 0.432 e. The average molecular weight is 400 g/mol. The van der Waals surface area contributed by atoms with E-state index in [1.165, 1.54) is 0 Å². The highest BCUT2D eigenvalue weighted by Crippen LogP contribution is 2.37. The Balaban J connectivity index is 1.99. The van der Waals surface area contributed by atoms with Gasteiger partial charge < -0.3 is 4.74 Å². The van der Waals surface area contributed by atoms with Crippen molar-refractivity contribution in [1.82, 2.24) is 0 Å². The molecule has 0 heterocycles. The molecule has 0 amide bonds. The molecule has 0 fully saturated rings. The van der Waals surface area contributed by atoms with E-state index in [1.807, 2.05) is 0 Å². The number of ether oxygens (including phenoxy) is 1. The summed E-state index contributed by atoms with van der Waals surface area (Å²) in [5.74, 6) is -9.85. The molecule has 0 saturated heterocycles. The lowest BCUT2D eigenvalue weighted by molar-refractivity contribution is -0.189. The lowest BCUT2D eigenvalue weighted by Crippen LogP contribution is -2.25. The van der Waals surface area contributed by atoms with E-state index in [-0.39, 0.29) is 17.7 Å². The van der Waals surface area contributed by atoms with Crippen molar-refractivity contribution in [3.63, 3.8) is 0 Å². The molecule has 0 aliphatic heterocycles.